The van der Waals surface area contributed by atoms with Crippen molar-refractivity contribution in [3.8, 4) is 0 Å². The van der Waals surface area contributed by atoms with Crippen LogP contribution >= 0.6 is 0 Å². The van der Waals surface area contributed by atoms with Crippen LogP contribution in [0.25, 0.3) is 0 Å². The van der Waals surface area contributed by atoms with Crippen LogP contribution in [0.15, 0.2) is 57.4 Å². The fourth-order valence-corrected chi connectivity index (χ4v) is 3.07. The Morgan fingerprint density at radius 3 is 2.63 bits per heavy atom. The molecule has 4 heteroatoms. The van der Waals surface area contributed by atoms with Crippen molar-refractivity contribution in [2.45, 2.75) is 25.2 Å². The van der Waals surface area contributed by atoms with Gasteiger partial charge in [0.15, 0.2) is 0 Å². The molecule has 0 aliphatic heterocycles. The summed E-state index contributed by atoms with van der Waals surface area (Å²) in [6.45, 7) is 3.79. The molecule has 0 bridgehead atoms. The van der Waals surface area contributed by atoms with Crippen LogP contribution in [0.2, 0.25) is 0 Å². The Balaban J connectivity index is 2.19. The van der Waals surface area contributed by atoms with Crippen molar-refractivity contribution >= 4 is 16.2 Å². The van der Waals surface area contributed by atoms with Crippen LogP contribution in [0.4, 0.5) is 0 Å². The first kappa shape index (κ1) is 13.7. The zero-order valence-electron chi connectivity index (χ0n) is 11.1. The zero-order chi connectivity index (χ0) is 13.9. The van der Waals surface area contributed by atoms with Gasteiger partial charge in [-0.2, -0.15) is 12.8 Å². The summed E-state index contributed by atoms with van der Waals surface area (Å²) < 4.78 is 28.0. The monoisotopic (exact) mass is 275 g/mol. The first-order valence-corrected chi connectivity index (χ1v) is 7.64. The van der Waals surface area contributed by atoms with Gasteiger partial charge in [0.1, 0.15) is 0 Å². The van der Waals surface area contributed by atoms with Crippen molar-refractivity contribution in [1.82, 2.24) is 0 Å². The van der Waals surface area contributed by atoms with Crippen molar-refractivity contribution < 1.29 is 8.42 Å². The van der Waals surface area contributed by atoms with E-state index in [0.29, 0.717) is 0 Å². The lowest BCUT2D eigenvalue weighted by Gasteiger charge is -2.09. The number of hydrogen-bond donors (Lipinski definition) is 0. The molecule has 0 amide bonds. The third-order valence-electron chi connectivity index (χ3n) is 3.08. The number of aryl methyl sites for hydroxylation is 1. The van der Waals surface area contributed by atoms with Crippen LogP contribution in [0, 0.1) is 12.8 Å². The summed E-state index contributed by atoms with van der Waals surface area (Å²) in [5.41, 5.74) is 1.92. The number of hydrogen-bond acceptors (Lipinski definition) is 2. The number of nitrogens with zero attached hydrogens (tertiary/aromatic N) is 1. The highest BCUT2D eigenvalue weighted by molar-refractivity contribution is 7.90. The first-order valence-electron chi connectivity index (χ1n) is 6.20. The van der Waals surface area contributed by atoms with Crippen LogP contribution in [0.3, 0.4) is 0 Å². The van der Waals surface area contributed by atoms with Gasteiger partial charge in [-0.3, -0.25) is 0 Å². The number of benzene rings is 1. The average molecular weight is 275 g/mol. The molecule has 19 heavy (non-hydrogen) atoms. The molecule has 1 aliphatic rings. The van der Waals surface area contributed by atoms with Crippen molar-refractivity contribution in [3.63, 3.8) is 0 Å². The third kappa shape index (κ3) is 3.41. The van der Waals surface area contributed by atoms with E-state index in [1.165, 1.54) is 11.8 Å². The SMILES string of the molecule is CC1=CCC(/C=N/S(=O)(=O)c2ccccc2C)C=C1. The number of sulfonamides is 1. The van der Waals surface area contributed by atoms with Gasteiger partial charge in [-0.25, -0.2) is 0 Å². The van der Waals surface area contributed by atoms with E-state index in [1.807, 2.05) is 25.1 Å². The van der Waals surface area contributed by atoms with E-state index in [9.17, 15) is 8.42 Å². The zero-order valence-corrected chi connectivity index (χ0v) is 11.9. The molecule has 0 radical (unpaired) electrons. The Kier molecular flexibility index (Phi) is 4.00. The highest BCUT2D eigenvalue weighted by Crippen LogP contribution is 2.18. The highest BCUT2D eigenvalue weighted by Gasteiger charge is 2.15. The molecule has 1 aliphatic carbocycles. The molecule has 100 valence electrons. The molecule has 3 nitrogen and oxygen atoms in total. The average Bonchev–Trinajstić information content (AvgIpc) is 2.38. The van der Waals surface area contributed by atoms with E-state index in [0.717, 1.165) is 12.0 Å². The number of allylic oxidation sites excluding steroid dienone is 4. The van der Waals surface area contributed by atoms with Crippen molar-refractivity contribution in [2.24, 2.45) is 10.3 Å². The largest absolute Gasteiger partial charge is 0.282 e. The molecule has 0 fully saturated rings. The van der Waals surface area contributed by atoms with Crippen LogP contribution in [0.5, 0.6) is 0 Å². The Morgan fingerprint density at radius 2 is 2.00 bits per heavy atom. The van der Waals surface area contributed by atoms with Gasteiger partial charge >= 0.3 is 0 Å². The molecule has 1 unspecified atom stereocenters. The molecule has 0 heterocycles. The van der Waals surface area contributed by atoms with Crippen molar-refractivity contribution in [1.29, 1.82) is 0 Å². The van der Waals surface area contributed by atoms with Gasteiger partial charge in [0.2, 0.25) is 0 Å². The third-order valence-corrected chi connectivity index (χ3v) is 4.49. The second-order valence-electron chi connectivity index (χ2n) is 4.70. The Hall–Kier alpha value is -1.68. The van der Waals surface area contributed by atoms with Crippen LogP contribution in [-0.4, -0.2) is 14.6 Å². The van der Waals surface area contributed by atoms with E-state index >= 15 is 0 Å². The lowest BCUT2D eigenvalue weighted by atomic mass is 9.99. The van der Waals surface area contributed by atoms with Crippen molar-refractivity contribution in [2.75, 3.05) is 0 Å². The Morgan fingerprint density at radius 1 is 1.26 bits per heavy atom. The molecule has 0 aromatic heterocycles. The second kappa shape index (κ2) is 5.53. The molecule has 0 spiro atoms. The minimum atomic E-state index is -3.59. The topological polar surface area (TPSA) is 46.5 Å². The van der Waals surface area contributed by atoms with E-state index < -0.39 is 10.0 Å². The summed E-state index contributed by atoms with van der Waals surface area (Å²) >= 11 is 0. The van der Waals surface area contributed by atoms with E-state index in [2.05, 4.69) is 10.5 Å². The molecule has 2 rings (SSSR count). The molecule has 0 N–H and O–H groups in total. The fraction of sp³-hybridized carbons (Fsp3) is 0.267. The molecule has 1 aromatic rings. The molecule has 0 saturated heterocycles. The summed E-state index contributed by atoms with van der Waals surface area (Å²) in [6, 6.07) is 6.88. The van der Waals surface area contributed by atoms with E-state index in [-0.39, 0.29) is 10.8 Å². The van der Waals surface area contributed by atoms with Gasteiger partial charge in [-0.05, 0) is 31.9 Å². The summed E-state index contributed by atoms with van der Waals surface area (Å²) in [7, 11) is -3.59. The smallest absolute Gasteiger partial charge is 0.199 e. The lowest BCUT2D eigenvalue weighted by molar-refractivity contribution is 0.597. The predicted molar refractivity (Wildman–Crippen MR) is 77.9 cm³/mol. The van der Waals surface area contributed by atoms with Gasteiger partial charge in [0.25, 0.3) is 10.0 Å². The first-order chi connectivity index (χ1) is 8.99. The van der Waals surface area contributed by atoms with Gasteiger partial charge < -0.3 is 0 Å². The van der Waals surface area contributed by atoms with Crippen LogP contribution < -0.4 is 0 Å². The lowest BCUT2D eigenvalue weighted by Crippen LogP contribution is -2.05. The minimum absolute atomic E-state index is 0.0579. The van der Waals surface area contributed by atoms with Crippen molar-refractivity contribution in [3.05, 3.63) is 53.6 Å². The quantitative estimate of drug-likeness (QED) is 0.795. The maximum Gasteiger partial charge on any atom is 0.282 e. The van der Waals surface area contributed by atoms with Crippen LogP contribution in [0.1, 0.15) is 18.9 Å². The maximum atomic E-state index is 12.1. The summed E-state index contributed by atoms with van der Waals surface area (Å²) in [6.07, 6.45) is 8.36. The Bertz CT molecular complexity index is 654. The van der Waals surface area contributed by atoms with Gasteiger partial charge in [0.05, 0.1) is 4.90 Å². The molecular formula is C15H17NO2S. The second-order valence-corrected chi connectivity index (χ2v) is 6.30. The fourth-order valence-electron chi connectivity index (χ4n) is 1.92. The van der Waals surface area contributed by atoms with E-state index in [4.69, 9.17) is 0 Å². The highest BCUT2D eigenvalue weighted by atomic mass is 32.2. The molecular weight excluding hydrogens is 258 g/mol. The van der Waals surface area contributed by atoms with Crippen LogP contribution in [-0.2, 0) is 10.0 Å². The summed E-state index contributed by atoms with van der Waals surface area (Å²) in [4.78, 5) is 0.276. The summed E-state index contributed by atoms with van der Waals surface area (Å²) in [5.74, 6) is 0.0579. The molecule has 0 saturated carbocycles. The van der Waals surface area contributed by atoms with E-state index in [1.54, 1.807) is 25.1 Å². The van der Waals surface area contributed by atoms with Gasteiger partial charge in [-0.1, -0.05) is 42.0 Å². The normalized spacial score (nSPS) is 19.7. The Labute approximate surface area is 114 Å². The van der Waals surface area contributed by atoms with Gasteiger partial charge in [-0.15, -0.1) is 0 Å². The number of rotatable bonds is 3. The summed E-state index contributed by atoms with van der Waals surface area (Å²) in [5, 5.41) is 0. The molecule has 1 aromatic carbocycles. The minimum Gasteiger partial charge on any atom is -0.199 e. The standard InChI is InChI=1S/C15H17NO2S/c1-12-7-9-14(10-8-12)11-16-19(17,18)15-6-4-3-5-13(15)2/h3-9,11,14H,10H2,1-2H3/b16-11+. The molecule has 1 atom stereocenters. The predicted octanol–water partition coefficient (Wildman–Crippen LogP) is 3.28. The van der Waals surface area contributed by atoms with Gasteiger partial charge in [0, 0.05) is 12.1 Å². The maximum absolute atomic E-state index is 12.1.